The minimum atomic E-state index is 0.135. The Morgan fingerprint density at radius 1 is 1.10 bits per heavy atom. The second kappa shape index (κ2) is 5.80. The summed E-state index contributed by atoms with van der Waals surface area (Å²) in [5.41, 5.74) is 9.18. The Morgan fingerprint density at radius 3 is 2.43 bits per heavy atom. The molecule has 3 heteroatoms. The molecule has 2 aromatic rings. The van der Waals surface area contributed by atoms with Gasteiger partial charge in [-0.2, -0.15) is 0 Å². The van der Waals surface area contributed by atoms with E-state index in [9.17, 15) is 0 Å². The van der Waals surface area contributed by atoms with Gasteiger partial charge in [0.15, 0.2) is 11.5 Å². The molecule has 0 bridgehead atoms. The number of hydrogen-bond donors (Lipinski definition) is 1. The third-order valence-electron chi connectivity index (χ3n) is 4.13. The highest BCUT2D eigenvalue weighted by Gasteiger charge is 2.19. The van der Waals surface area contributed by atoms with Gasteiger partial charge in [0.25, 0.3) is 0 Å². The number of hydrogen-bond acceptors (Lipinski definition) is 3. The molecular weight excluding hydrogens is 260 g/mol. The van der Waals surface area contributed by atoms with Gasteiger partial charge >= 0.3 is 0 Å². The Hall–Kier alpha value is -1.35. The topological polar surface area (TPSA) is 52.0 Å². The van der Waals surface area contributed by atoms with Crippen LogP contribution in [0.25, 0.3) is 11.1 Å². The zero-order chi connectivity index (χ0) is 15.7. The highest BCUT2D eigenvalue weighted by molar-refractivity contribution is 5.73. The molecule has 116 valence electrons. The fourth-order valence-electron chi connectivity index (χ4n) is 2.51. The molecule has 1 aromatic carbocycles. The first-order valence-corrected chi connectivity index (χ1v) is 7.81. The maximum absolute atomic E-state index is 5.87. The SMILES string of the molecule is CC(C)(CCN)CCc1nc2cc(C(C)(C)C)ccc2o1. The molecule has 0 spiro atoms. The lowest BCUT2D eigenvalue weighted by Crippen LogP contribution is -2.17. The third kappa shape index (κ3) is 4.07. The number of rotatable bonds is 5. The van der Waals surface area contributed by atoms with Crippen molar-refractivity contribution < 1.29 is 4.42 Å². The first-order valence-electron chi connectivity index (χ1n) is 7.81. The van der Waals surface area contributed by atoms with Crippen LogP contribution in [0.15, 0.2) is 22.6 Å². The van der Waals surface area contributed by atoms with Gasteiger partial charge in [-0.1, -0.05) is 40.7 Å². The number of nitrogens with two attached hydrogens (primary N) is 1. The van der Waals surface area contributed by atoms with E-state index in [0.717, 1.165) is 42.8 Å². The van der Waals surface area contributed by atoms with Gasteiger partial charge in [0, 0.05) is 6.42 Å². The highest BCUT2D eigenvalue weighted by Crippen LogP contribution is 2.29. The number of aromatic nitrogens is 1. The Labute approximate surface area is 127 Å². The van der Waals surface area contributed by atoms with Crippen LogP contribution in [0.2, 0.25) is 0 Å². The van der Waals surface area contributed by atoms with Crippen LogP contribution in [0.4, 0.5) is 0 Å². The van der Waals surface area contributed by atoms with Gasteiger partial charge in [-0.15, -0.1) is 0 Å². The fourth-order valence-corrected chi connectivity index (χ4v) is 2.51. The van der Waals surface area contributed by atoms with E-state index >= 15 is 0 Å². The molecule has 3 nitrogen and oxygen atoms in total. The molecule has 0 radical (unpaired) electrons. The van der Waals surface area contributed by atoms with Crippen LogP contribution in [-0.4, -0.2) is 11.5 Å². The van der Waals surface area contributed by atoms with E-state index in [1.54, 1.807) is 0 Å². The van der Waals surface area contributed by atoms with Crippen molar-refractivity contribution in [1.29, 1.82) is 0 Å². The van der Waals surface area contributed by atoms with Crippen molar-refractivity contribution >= 4 is 11.1 Å². The lowest BCUT2D eigenvalue weighted by molar-refractivity contribution is 0.302. The molecule has 1 aromatic heterocycles. The van der Waals surface area contributed by atoms with E-state index in [1.165, 1.54) is 5.56 Å². The van der Waals surface area contributed by atoms with E-state index in [-0.39, 0.29) is 10.8 Å². The van der Waals surface area contributed by atoms with Crippen LogP contribution in [0.5, 0.6) is 0 Å². The van der Waals surface area contributed by atoms with Crippen molar-refractivity contribution in [2.24, 2.45) is 11.1 Å². The van der Waals surface area contributed by atoms with Crippen LogP contribution in [-0.2, 0) is 11.8 Å². The van der Waals surface area contributed by atoms with E-state index in [0.29, 0.717) is 0 Å². The second-order valence-corrected chi connectivity index (χ2v) is 7.74. The van der Waals surface area contributed by atoms with Crippen LogP contribution in [0, 0.1) is 5.41 Å². The molecule has 0 aliphatic heterocycles. The zero-order valence-electron chi connectivity index (χ0n) is 14.0. The van der Waals surface area contributed by atoms with Crippen LogP contribution < -0.4 is 5.73 Å². The standard InChI is InChI=1S/C18H28N2O/c1-17(2,3)13-6-7-15-14(12-13)20-16(21-15)8-9-18(4,5)10-11-19/h6-7,12H,8-11,19H2,1-5H3. The summed E-state index contributed by atoms with van der Waals surface area (Å²) >= 11 is 0. The van der Waals surface area contributed by atoms with Crippen LogP contribution in [0.3, 0.4) is 0 Å². The molecule has 0 unspecified atom stereocenters. The molecule has 0 aliphatic rings. The minimum Gasteiger partial charge on any atom is -0.441 e. The lowest BCUT2D eigenvalue weighted by atomic mass is 9.84. The molecule has 21 heavy (non-hydrogen) atoms. The van der Waals surface area contributed by atoms with Gasteiger partial charge in [0.1, 0.15) is 5.52 Å². The summed E-state index contributed by atoms with van der Waals surface area (Å²) in [7, 11) is 0. The van der Waals surface area contributed by atoms with Crippen LogP contribution >= 0.6 is 0 Å². The summed E-state index contributed by atoms with van der Waals surface area (Å²) in [5, 5.41) is 0. The first kappa shape index (κ1) is 16.0. The molecule has 0 atom stereocenters. The average Bonchev–Trinajstić information content (AvgIpc) is 2.77. The van der Waals surface area contributed by atoms with E-state index in [1.807, 2.05) is 6.07 Å². The van der Waals surface area contributed by atoms with Crippen LogP contribution in [0.1, 0.15) is 58.9 Å². The number of oxazole rings is 1. The molecule has 1 heterocycles. The van der Waals surface area contributed by atoms with Gasteiger partial charge in [-0.3, -0.25) is 0 Å². The predicted octanol–water partition coefficient (Wildman–Crippen LogP) is 4.43. The summed E-state index contributed by atoms with van der Waals surface area (Å²) in [5.74, 6) is 0.834. The molecule has 2 N–H and O–H groups in total. The Balaban J connectivity index is 2.16. The molecular formula is C18H28N2O. The normalized spacial score (nSPS) is 13.0. The Morgan fingerprint density at radius 2 is 1.81 bits per heavy atom. The van der Waals surface area contributed by atoms with Crippen molar-refractivity contribution in [2.75, 3.05) is 6.54 Å². The summed E-state index contributed by atoms with van der Waals surface area (Å²) in [6, 6.07) is 6.32. The smallest absolute Gasteiger partial charge is 0.195 e. The van der Waals surface area contributed by atoms with Crippen molar-refractivity contribution in [3.05, 3.63) is 29.7 Å². The van der Waals surface area contributed by atoms with Gasteiger partial charge in [-0.05, 0) is 47.9 Å². The molecule has 0 saturated heterocycles. The third-order valence-corrected chi connectivity index (χ3v) is 4.13. The minimum absolute atomic E-state index is 0.135. The summed E-state index contributed by atoms with van der Waals surface area (Å²) in [6.45, 7) is 11.9. The maximum atomic E-state index is 5.87. The summed E-state index contributed by atoms with van der Waals surface area (Å²) in [6.07, 6.45) is 2.94. The van der Waals surface area contributed by atoms with Gasteiger partial charge in [-0.25, -0.2) is 4.98 Å². The number of nitrogens with zero attached hydrogens (tertiary/aromatic N) is 1. The summed E-state index contributed by atoms with van der Waals surface area (Å²) < 4.78 is 5.87. The maximum Gasteiger partial charge on any atom is 0.195 e. The van der Waals surface area contributed by atoms with Crippen molar-refractivity contribution in [2.45, 2.75) is 59.3 Å². The molecule has 0 aliphatic carbocycles. The molecule has 0 fully saturated rings. The second-order valence-electron chi connectivity index (χ2n) is 7.74. The van der Waals surface area contributed by atoms with Gasteiger partial charge < -0.3 is 10.2 Å². The van der Waals surface area contributed by atoms with E-state index in [4.69, 9.17) is 10.2 Å². The molecule has 2 rings (SSSR count). The van der Waals surface area contributed by atoms with Gasteiger partial charge in [0.2, 0.25) is 0 Å². The largest absolute Gasteiger partial charge is 0.441 e. The van der Waals surface area contributed by atoms with Crippen molar-refractivity contribution in [3.63, 3.8) is 0 Å². The molecule has 0 amide bonds. The quantitative estimate of drug-likeness (QED) is 0.885. The van der Waals surface area contributed by atoms with Crippen molar-refractivity contribution in [3.8, 4) is 0 Å². The van der Waals surface area contributed by atoms with E-state index < -0.39 is 0 Å². The number of aryl methyl sites for hydroxylation is 1. The first-order chi connectivity index (χ1) is 9.71. The monoisotopic (exact) mass is 288 g/mol. The number of benzene rings is 1. The number of fused-ring (bicyclic) bond motifs is 1. The summed E-state index contributed by atoms with van der Waals surface area (Å²) in [4.78, 5) is 4.65. The lowest BCUT2D eigenvalue weighted by Gasteiger charge is -2.22. The predicted molar refractivity (Wildman–Crippen MR) is 88.5 cm³/mol. The van der Waals surface area contributed by atoms with Crippen molar-refractivity contribution in [1.82, 2.24) is 4.98 Å². The average molecular weight is 288 g/mol. The fraction of sp³-hybridized carbons (Fsp3) is 0.611. The highest BCUT2D eigenvalue weighted by atomic mass is 16.3. The Kier molecular flexibility index (Phi) is 4.43. The van der Waals surface area contributed by atoms with Gasteiger partial charge in [0.05, 0.1) is 0 Å². The molecule has 0 saturated carbocycles. The van der Waals surface area contributed by atoms with E-state index in [2.05, 4.69) is 51.7 Å². The Bertz CT molecular complexity index is 605. The zero-order valence-corrected chi connectivity index (χ0v) is 14.0.